The number of hydrogen-bond acceptors (Lipinski definition) is 5. The minimum absolute atomic E-state index is 0.0950. The lowest BCUT2D eigenvalue weighted by atomic mass is 10.3. The van der Waals surface area contributed by atoms with Crippen molar-refractivity contribution in [2.45, 2.75) is 6.54 Å². The third-order valence-corrected chi connectivity index (χ3v) is 2.40. The zero-order valence-electron chi connectivity index (χ0n) is 8.59. The highest BCUT2D eigenvalue weighted by molar-refractivity contribution is 6.32. The summed E-state index contributed by atoms with van der Waals surface area (Å²) in [6.07, 6.45) is 2.92. The molecule has 0 unspecified atom stereocenters. The van der Waals surface area contributed by atoms with Gasteiger partial charge in [0.05, 0.1) is 17.7 Å². The second-order valence-corrected chi connectivity index (χ2v) is 3.65. The zero-order valence-corrected chi connectivity index (χ0v) is 9.35. The van der Waals surface area contributed by atoms with E-state index in [0.29, 0.717) is 18.0 Å². The zero-order chi connectivity index (χ0) is 12.3. The molecule has 1 heterocycles. The number of aromatic nitrogens is 1. The highest BCUT2D eigenvalue weighted by atomic mass is 35.5. The molecule has 0 spiro atoms. The molecule has 6 nitrogen and oxygen atoms in total. The van der Waals surface area contributed by atoms with Crippen LogP contribution in [0, 0.1) is 10.1 Å². The lowest BCUT2D eigenvalue weighted by molar-refractivity contribution is -0.384. The molecule has 2 aromatic rings. The number of hydrogen-bond donors (Lipinski definition) is 1. The third kappa shape index (κ3) is 2.73. The van der Waals surface area contributed by atoms with Crippen LogP contribution in [-0.4, -0.2) is 9.91 Å². The van der Waals surface area contributed by atoms with E-state index >= 15 is 0 Å². The van der Waals surface area contributed by atoms with Crippen LogP contribution in [0.2, 0.25) is 5.02 Å². The van der Waals surface area contributed by atoms with Gasteiger partial charge >= 0.3 is 0 Å². The molecule has 1 N–H and O–H groups in total. The first-order valence-electron chi connectivity index (χ1n) is 4.72. The van der Waals surface area contributed by atoms with E-state index in [0.717, 1.165) is 0 Å². The Morgan fingerprint density at radius 2 is 2.35 bits per heavy atom. The van der Waals surface area contributed by atoms with Crippen molar-refractivity contribution in [3.63, 3.8) is 0 Å². The maximum absolute atomic E-state index is 10.6. The maximum atomic E-state index is 10.6. The van der Waals surface area contributed by atoms with Crippen molar-refractivity contribution in [1.29, 1.82) is 0 Å². The summed E-state index contributed by atoms with van der Waals surface area (Å²) in [6, 6.07) is 4.43. The average molecular weight is 254 g/mol. The van der Waals surface area contributed by atoms with Crippen molar-refractivity contribution >= 4 is 23.0 Å². The van der Waals surface area contributed by atoms with Gasteiger partial charge in [0.2, 0.25) is 0 Å². The van der Waals surface area contributed by atoms with E-state index in [2.05, 4.69) is 10.3 Å². The Balaban J connectivity index is 2.07. The van der Waals surface area contributed by atoms with Crippen LogP contribution in [0.4, 0.5) is 11.4 Å². The molecule has 1 aromatic heterocycles. The van der Waals surface area contributed by atoms with Gasteiger partial charge in [-0.2, -0.15) is 0 Å². The molecule has 1 aromatic carbocycles. The number of rotatable bonds is 4. The molecule has 88 valence electrons. The van der Waals surface area contributed by atoms with Crippen molar-refractivity contribution in [2.24, 2.45) is 0 Å². The summed E-state index contributed by atoms with van der Waals surface area (Å²) in [5.74, 6) is 0.666. The van der Waals surface area contributed by atoms with Crippen LogP contribution in [0.3, 0.4) is 0 Å². The summed E-state index contributed by atoms with van der Waals surface area (Å²) in [5, 5.41) is 13.7. The first-order chi connectivity index (χ1) is 8.16. The minimum Gasteiger partial charge on any atom is -0.447 e. The molecule has 0 fully saturated rings. The van der Waals surface area contributed by atoms with Gasteiger partial charge in [-0.1, -0.05) is 11.6 Å². The van der Waals surface area contributed by atoms with Gasteiger partial charge in [0, 0.05) is 11.8 Å². The SMILES string of the molecule is O=[N+]([O-])c1ccc(NCc2cnco2)cc1Cl. The van der Waals surface area contributed by atoms with Gasteiger partial charge < -0.3 is 9.73 Å². The second kappa shape index (κ2) is 4.84. The number of benzene rings is 1. The number of nitro benzene ring substituents is 1. The van der Waals surface area contributed by atoms with E-state index in [9.17, 15) is 10.1 Å². The molecule has 7 heteroatoms. The number of nitro groups is 1. The molecule has 0 aliphatic heterocycles. The Morgan fingerprint density at radius 3 is 2.94 bits per heavy atom. The fraction of sp³-hybridized carbons (Fsp3) is 0.100. The number of anilines is 1. The summed E-state index contributed by atoms with van der Waals surface area (Å²) >= 11 is 5.77. The van der Waals surface area contributed by atoms with Crippen molar-refractivity contribution in [3.05, 3.63) is 51.7 Å². The number of oxazole rings is 1. The third-order valence-electron chi connectivity index (χ3n) is 2.09. The molecular weight excluding hydrogens is 246 g/mol. The summed E-state index contributed by atoms with van der Waals surface area (Å²) < 4.78 is 5.03. The van der Waals surface area contributed by atoms with Crippen molar-refractivity contribution in [1.82, 2.24) is 4.98 Å². The molecule has 0 saturated carbocycles. The smallest absolute Gasteiger partial charge is 0.288 e. The molecule has 0 saturated heterocycles. The number of nitrogens with one attached hydrogen (secondary N) is 1. The molecule has 0 aliphatic rings. The molecule has 0 amide bonds. The van der Waals surface area contributed by atoms with Gasteiger partial charge in [-0.25, -0.2) is 4.98 Å². The van der Waals surface area contributed by atoms with E-state index in [4.69, 9.17) is 16.0 Å². The fourth-order valence-electron chi connectivity index (χ4n) is 1.28. The van der Waals surface area contributed by atoms with Crippen LogP contribution < -0.4 is 5.32 Å². The molecule has 0 atom stereocenters. The summed E-state index contributed by atoms with van der Waals surface area (Å²) in [4.78, 5) is 13.8. The van der Waals surface area contributed by atoms with E-state index in [1.54, 1.807) is 12.3 Å². The normalized spacial score (nSPS) is 10.2. The monoisotopic (exact) mass is 253 g/mol. The molecule has 2 rings (SSSR count). The highest BCUT2D eigenvalue weighted by Crippen LogP contribution is 2.27. The van der Waals surface area contributed by atoms with Gasteiger partial charge in [-0.3, -0.25) is 10.1 Å². The first-order valence-corrected chi connectivity index (χ1v) is 5.10. The van der Waals surface area contributed by atoms with Gasteiger partial charge in [-0.15, -0.1) is 0 Å². The average Bonchev–Trinajstić information content (AvgIpc) is 2.78. The van der Waals surface area contributed by atoms with E-state index in [1.165, 1.54) is 18.5 Å². The second-order valence-electron chi connectivity index (χ2n) is 3.24. The fourth-order valence-corrected chi connectivity index (χ4v) is 1.53. The van der Waals surface area contributed by atoms with Crippen LogP contribution in [0.1, 0.15) is 5.76 Å². The van der Waals surface area contributed by atoms with E-state index in [-0.39, 0.29) is 10.7 Å². The van der Waals surface area contributed by atoms with Crippen molar-refractivity contribution in [3.8, 4) is 0 Å². The Bertz CT molecular complexity index is 528. The Labute approximate surface area is 101 Å². The maximum Gasteiger partial charge on any atom is 0.288 e. The van der Waals surface area contributed by atoms with Crippen LogP contribution in [0.25, 0.3) is 0 Å². The van der Waals surface area contributed by atoms with Gasteiger partial charge in [0.1, 0.15) is 10.8 Å². The molecule has 0 bridgehead atoms. The van der Waals surface area contributed by atoms with Crippen LogP contribution >= 0.6 is 11.6 Å². The summed E-state index contributed by atoms with van der Waals surface area (Å²) in [5.41, 5.74) is 0.564. The van der Waals surface area contributed by atoms with Gasteiger partial charge in [0.25, 0.3) is 5.69 Å². The predicted molar refractivity (Wildman–Crippen MR) is 61.9 cm³/mol. The quantitative estimate of drug-likeness (QED) is 0.669. The number of nitrogens with zero attached hydrogens (tertiary/aromatic N) is 2. The van der Waals surface area contributed by atoms with E-state index in [1.807, 2.05) is 0 Å². The topological polar surface area (TPSA) is 81.2 Å². The largest absolute Gasteiger partial charge is 0.447 e. The molecule has 0 aliphatic carbocycles. The standard InChI is InChI=1S/C10H8ClN3O3/c11-9-3-7(1-2-10(9)14(15)16)13-5-8-4-12-6-17-8/h1-4,6,13H,5H2. The van der Waals surface area contributed by atoms with Gasteiger partial charge in [-0.05, 0) is 12.1 Å². The molecular formula is C10H8ClN3O3. The van der Waals surface area contributed by atoms with Crippen LogP contribution in [0.5, 0.6) is 0 Å². The molecule has 0 radical (unpaired) electrons. The Kier molecular flexibility index (Phi) is 3.24. The van der Waals surface area contributed by atoms with Gasteiger partial charge in [0.15, 0.2) is 6.39 Å². The minimum atomic E-state index is -0.525. The Morgan fingerprint density at radius 1 is 1.53 bits per heavy atom. The van der Waals surface area contributed by atoms with E-state index < -0.39 is 4.92 Å². The molecule has 17 heavy (non-hydrogen) atoms. The first kappa shape index (κ1) is 11.4. The predicted octanol–water partition coefficient (Wildman–Crippen LogP) is 2.85. The number of halogens is 1. The van der Waals surface area contributed by atoms with Crippen LogP contribution in [0.15, 0.2) is 35.2 Å². The van der Waals surface area contributed by atoms with Crippen molar-refractivity contribution in [2.75, 3.05) is 5.32 Å². The van der Waals surface area contributed by atoms with Crippen molar-refractivity contribution < 1.29 is 9.34 Å². The highest BCUT2D eigenvalue weighted by Gasteiger charge is 2.11. The summed E-state index contributed by atoms with van der Waals surface area (Å²) in [7, 11) is 0. The van der Waals surface area contributed by atoms with Crippen LogP contribution in [-0.2, 0) is 6.54 Å². The lowest BCUT2D eigenvalue weighted by Crippen LogP contribution is -1.98. The Hall–Kier alpha value is -2.08. The lowest BCUT2D eigenvalue weighted by Gasteiger charge is -2.04. The summed E-state index contributed by atoms with van der Waals surface area (Å²) in [6.45, 7) is 0.439.